The Bertz CT molecular complexity index is 260. The van der Waals surface area contributed by atoms with Crippen LogP contribution in [0.25, 0.3) is 0 Å². The summed E-state index contributed by atoms with van der Waals surface area (Å²) in [7, 11) is 0. The van der Waals surface area contributed by atoms with Gasteiger partial charge >= 0.3 is 0 Å². The lowest BCUT2D eigenvalue weighted by atomic mass is 10.2. The Hall–Kier alpha value is -1.58. The number of amides is 1. The van der Waals surface area contributed by atoms with Gasteiger partial charge in [-0.2, -0.15) is 0 Å². The van der Waals surface area contributed by atoms with E-state index in [-0.39, 0.29) is 0 Å². The van der Waals surface area contributed by atoms with Crippen LogP contribution in [0.15, 0.2) is 18.5 Å². The third-order valence-electron chi connectivity index (χ3n) is 1.12. The minimum absolute atomic E-state index is 0.315. The molecule has 0 saturated heterocycles. The second-order valence-corrected chi connectivity index (χ2v) is 1.83. The monoisotopic (exact) mass is 167 g/mol. The molecule has 0 aliphatic heterocycles. The number of hydrogen-bond donors (Lipinski definition) is 2. The summed E-state index contributed by atoms with van der Waals surface area (Å²) in [6, 6.07) is 1.48. The molecular weight excluding hydrogens is 154 g/mol. The first-order valence-corrected chi connectivity index (χ1v) is 3.71. The number of hydrogen-bond acceptors (Lipinski definition) is 3. The van der Waals surface area contributed by atoms with Crippen molar-refractivity contribution in [2.24, 2.45) is 5.73 Å². The van der Waals surface area contributed by atoms with E-state index in [1.54, 1.807) is 0 Å². The predicted molar refractivity (Wildman–Crippen MR) is 48.5 cm³/mol. The minimum atomic E-state index is -0.528. The van der Waals surface area contributed by atoms with Crippen molar-refractivity contribution in [1.29, 1.82) is 0 Å². The molecule has 0 unspecified atom stereocenters. The highest BCUT2D eigenvalue weighted by Gasteiger charge is 2.02. The Labute approximate surface area is 71.6 Å². The van der Waals surface area contributed by atoms with E-state index in [0.29, 0.717) is 11.3 Å². The fourth-order valence-corrected chi connectivity index (χ4v) is 0.631. The van der Waals surface area contributed by atoms with E-state index in [1.165, 1.54) is 18.5 Å². The SMILES string of the molecule is CC.NC(=O)c1ccncc1N. The summed E-state index contributed by atoms with van der Waals surface area (Å²) in [5, 5.41) is 0. The van der Waals surface area contributed by atoms with E-state index < -0.39 is 5.91 Å². The first kappa shape index (κ1) is 10.4. The molecule has 1 amide bonds. The number of rotatable bonds is 1. The first-order chi connectivity index (χ1) is 5.72. The van der Waals surface area contributed by atoms with Gasteiger partial charge < -0.3 is 11.5 Å². The standard InChI is InChI=1S/C6H7N3O.C2H6/c7-5-3-9-2-1-4(5)6(8)10;1-2/h1-3H,7H2,(H2,8,10);1-2H3. The van der Waals surface area contributed by atoms with Gasteiger partial charge in [-0.25, -0.2) is 0 Å². The maximum absolute atomic E-state index is 10.5. The zero-order chi connectivity index (χ0) is 9.56. The lowest BCUT2D eigenvalue weighted by molar-refractivity contribution is 0.100. The van der Waals surface area contributed by atoms with Gasteiger partial charge in [0.15, 0.2) is 0 Å². The van der Waals surface area contributed by atoms with E-state index in [0.717, 1.165) is 0 Å². The summed E-state index contributed by atoms with van der Waals surface area (Å²) in [6.07, 6.45) is 2.86. The maximum atomic E-state index is 10.5. The zero-order valence-electron chi connectivity index (χ0n) is 7.24. The fraction of sp³-hybridized carbons (Fsp3) is 0.250. The first-order valence-electron chi connectivity index (χ1n) is 3.71. The Morgan fingerprint density at radius 1 is 1.50 bits per heavy atom. The van der Waals surface area contributed by atoms with Crippen LogP contribution >= 0.6 is 0 Å². The number of primary amides is 1. The van der Waals surface area contributed by atoms with Crippen molar-refractivity contribution in [2.75, 3.05) is 5.73 Å². The van der Waals surface area contributed by atoms with Gasteiger partial charge in [0.05, 0.1) is 17.4 Å². The molecule has 1 rings (SSSR count). The molecule has 0 bridgehead atoms. The lowest BCUT2D eigenvalue weighted by Gasteiger charge is -1.96. The average molecular weight is 167 g/mol. The highest BCUT2D eigenvalue weighted by molar-refractivity contribution is 5.97. The van der Waals surface area contributed by atoms with Crippen molar-refractivity contribution in [2.45, 2.75) is 13.8 Å². The molecule has 0 spiro atoms. The largest absolute Gasteiger partial charge is 0.397 e. The topological polar surface area (TPSA) is 82.0 Å². The Kier molecular flexibility index (Phi) is 4.45. The van der Waals surface area contributed by atoms with Crippen LogP contribution in [0.4, 0.5) is 5.69 Å². The Morgan fingerprint density at radius 3 is 2.42 bits per heavy atom. The number of carbonyl (C=O) groups excluding carboxylic acids is 1. The third kappa shape index (κ3) is 2.57. The second kappa shape index (κ2) is 5.12. The molecule has 0 radical (unpaired) electrons. The third-order valence-corrected chi connectivity index (χ3v) is 1.12. The van der Waals surface area contributed by atoms with Gasteiger partial charge in [-0.3, -0.25) is 9.78 Å². The molecule has 0 saturated carbocycles. The van der Waals surface area contributed by atoms with Crippen LogP contribution in [-0.4, -0.2) is 10.9 Å². The lowest BCUT2D eigenvalue weighted by Crippen LogP contribution is -2.13. The number of nitrogen functional groups attached to an aromatic ring is 1. The van der Waals surface area contributed by atoms with Crippen LogP contribution < -0.4 is 11.5 Å². The van der Waals surface area contributed by atoms with E-state index in [2.05, 4.69) is 4.98 Å². The summed E-state index contributed by atoms with van der Waals surface area (Å²) >= 11 is 0. The van der Waals surface area contributed by atoms with Gasteiger partial charge in [-0.15, -0.1) is 0 Å². The highest BCUT2D eigenvalue weighted by Crippen LogP contribution is 2.05. The number of anilines is 1. The second-order valence-electron chi connectivity index (χ2n) is 1.83. The normalized spacial score (nSPS) is 8.17. The van der Waals surface area contributed by atoms with Crippen LogP contribution in [-0.2, 0) is 0 Å². The summed E-state index contributed by atoms with van der Waals surface area (Å²) in [5.41, 5.74) is 11.0. The van der Waals surface area contributed by atoms with Crippen molar-refractivity contribution >= 4 is 11.6 Å². The fourth-order valence-electron chi connectivity index (χ4n) is 0.631. The average Bonchev–Trinajstić information content (AvgIpc) is 2.08. The smallest absolute Gasteiger partial charge is 0.250 e. The predicted octanol–water partition coefficient (Wildman–Crippen LogP) is 0.789. The van der Waals surface area contributed by atoms with Crippen molar-refractivity contribution in [3.63, 3.8) is 0 Å². The van der Waals surface area contributed by atoms with Crippen molar-refractivity contribution in [3.05, 3.63) is 24.0 Å². The summed E-state index contributed by atoms with van der Waals surface area (Å²) in [4.78, 5) is 14.2. The molecule has 4 N–H and O–H groups in total. The molecule has 1 heterocycles. The molecule has 0 atom stereocenters. The van der Waals surface area contributed by atoms with Gasteiger partial charge in [0.1, 0.15) is 0 Å². The Balaban J connectivity index is 0.000000561. The number of nitrogens with zero attached hydrogens (tertiary/aromatic N) is 1. The van der Waals surface area contributed by atoms with Crippen LogP contribution in [0.5, 0.6) is 0 Å². The van der Waals surface area contributed by atoms with E-state index in [9.17, 15) is 4.79 Å². The molecule has 0 aromatic carbocycles. The number of nitrogens with two attached hydrogens (primary N) is 2. The molecule has 4 heteroatoms. The molecule has 1 aromatic heterocycles. The minimum Gasteiger partial charge on any atom is -0.397 e. The molecule has 0 aliphatic rings. The van der Waals surface area contributed by atoms with E-state index >= 15 is 0 Å². The van der Waals surface area contributed by atoms with Gasteiger partial charge in [0.25, 0.3) is 5.91 Å². The van der Waals surface area contributed by atoms with Gasteiger partial charge in [0.2, 0.25) is 0 Å². The quantitative estimate of drug-likeness (QED) is 0.648. The molecular formula is C8H13N3O. The van der Waals surface area contributed by atoms with Crippen molar-refractivity contribution in [1.82, 2.24) is 4.98 Å². The summed E-state index contributed by atoms with van der Waals surface area (Å²) in [6.45, 7) is 4.00. The van der Waals surface area contributed by atoms with Crippen LogP contribution in [0, 0.1) is 0 Å². The Morgan fingerprint density at radius 2 is 2.08 bits per heavy atom. The zero-order valence-corrected chi connectivity index (χ0v) is 7.24. The van der Waals surface area contributed by atoms with Crippen molar-refractivity contribution < 1.29 is 4.79 Å². The highest BCUT2D eigenvalue weighted by atomic mass is 16.1. The van der Waals surface area contributed by atoms with Crippen LogP contribution in [0.1, 0.15) is 24.2 Å². The summed E-state index contributed by atoms with van der Waals surface area (Å²) < 4.78 is 0. The summed E-state index contributed by atoms with van der Waals surface area (Å²) in [5.74, 6) is -0.528. The number of carbonyl (C=O) groups is 1. The molecule has 12 heavy (non-hydrogen) atoms. The van der Waals surface area contributed by atoms with Crippen LogP contribution in [0.2, 0.25) is 0 Å². The van der Waals surface area contributed by atoms with Gasteiger partial charge in [0, 0.05) is 6.20 Å². The molecule has 66 valence electrons. The number of pyridine rings is 1. The molecule has 0 aliphatic carbocycles. The van der Waals surface area contributed by atoms with E-state index in [1.807, 2.05) is 13.8 Å². The molecule has 0 fully saturated rings. The number of aromatic nitrogens is 1. The van der Waals surface area contributed by atoms with E-state index in [4.69, 9.17) is 11.5 Å². The van der Waals surface area contributed by atoms with Crippen molar-refractivity contribution in [3.8, 4) is 0 Å². The molecule has 4 nitrogen and oxygen atoms in total. The van der Waals surface area contributed by atoms with Gasteiger partial charge in [-0.1, -0.05) is 13.8 Å². The molecule has 1 aromatic rings. The van der Waals surface area contributed by atoms with Gasteiger partial charge in [-0.05, 0) is 6.07 Å². The maximum Gasteiger partial charge on any atom is 0.250 e. The van der Waals surface area contributed by atoms with Crippen LogP contribution in [0.3, 0.4) is 0 Å².